The molecular weight excluding hydrogens is 777 g/mol. The first kappa shape index (κ1) is 36.3. The number of hydrogen-bond donors (Lipinski definition) is 0. The van der Waals surface area contributed by atoms with Crippen molar-refractivity contribution in [3.63, 3.8) is 0 Å². The van der Waals surface area contributed by atoms with Gasteiger partial charge in [-0.15, -0.1) is 0 Å². The smallest absolute Gasteiger partial charge is 0.159 e. The van der Waals surface area contributed by atoms with Gasteiger partial charge in [-0.3, -0.25) is 0 Å². The summed E-state index contributed by atoms with van der Waals surface area (Å²) in [5.41, 5.74) is 17.7. The lowest BCUT2D eigenvalue weighted by Gasteiger charge is -2.35. The maximum absolute atomic E-state index is 6.79. The molecule has 0 aliphatic heterocycles. The number of furan rings is 1. The zero-order chi connectivity index (χ0) is 42.2. The minimum atomic E-state index is -0.534. The van der Waals surface area contributed by atoms with Crippen molar-refractivity contribution >= 4 is 60.8 Å². The van der Waals surface area contributed by atoms with Crippen LogP contribution in [0.5, 0.6) is 0 Å². The molecule has 0 amide bonds. The van der Waals surface area contributed by atoms with E-state index in [0.717, 1.165) is 50.3 Å². The van der Waals surface area contributed by atoms with E-state index in [1.54, 1.807) is 0 Å². The molecule has 0 spiro atoms. The summed E-state index contributed by atoms with van der Waals surface area (Å²) in [6, 6.07) is 88.2. The summed E-state index contributed by atoms with van der Waals surface area (Å²) in [5.74, 6) is 0. The monoisotopic (exact) mass is 816 g/mol. The Bertz CT molecular complexity index is 3680. The lowest BCUT2D eigenvalue weighted by Crippen LogP contribution is -2.28. The van der Waals surface area contributed by atoms with Gasteiger partial charge in [0.05, 0.1) is 22.1 Å². The van der Waals surface area contributed by atoms with E-state index in [0.29, 0.717) is 0 Å². The third-order valence-electron chi connectivity index (χ3n) is 13.5. The van der Waals surface area contributed by atoms with Gasteiger partial charge < -0.3 is 13.9 Å². The second-order valence-electron chi connectivity index (χ2n) is 16.8. The Labute approximate surface area is 371 Å². The molecule has 13 rings (SSSR count). The summed E-state index contributed by atoms with van der Waals surface area (Å²) < 4.78 is 9.16. The van der Waals surface area contributed by atoms with E-state index in [2.05, 4.69) is 246 Å². The highest BCUT2D eigenvalue weighted by Gasteiger charge is 2.46. The molecule has 64 heavy (non-hydrogen) atoms. The van der Waals surface area contributed by atoms with Gasteiger partial charge in [-0.1, -0.05) is 176 Å². The van der Waals surface area contributed by atoms with Crippen LogP contribution in [0.25, 0.3) is 71.7 Å². The standard InChI is InChI=1S/C61H40N2O/c1-4-17-43(18-5-1)61(44-19-6-2-7-20-44)54-27-13-10-23-48(54)49-37-36-47(40-55(49)61)62(58-29-16-26-52-51-25-12-15-30-59(51)64-60(52)58)46-34-31-41(32-35-46)42-33-38-57-53(39-42)50-24-11-14-28-56(50)63(57)45-21-8-3-9-22-45/h1-40H. The van der Waals surface area contributed by atoms with E-state index in [9.17, 15) is 0 Å². The second kappa shape index (κ2) is 14.3. The molecule has 0 N–H and O–H groups in total. The molecule has 0 saturated carbocycles. The van der Waals surface area contributed by atoms with Gasteiger partial charge in [0.1, 0.15) is 5.58 Å². The van der Waals surface area contributed by atoms with Crippen molar-refractivity contribution in [2.75, 3.05) is 4.90 Å². The Balaban J connectivity index is 1.01. The summed E-state index contributed by atoms with van der Waals surface area (Å²) >= 11 is 0. The molecule has 0 radical (unpaired) electrons. The number of nitrogens with zero attached hydrogens (tertiary/aromatic N) is 2. The SMILES string of the molecule is c1ccc(-n2c3ccccc3c3cc(-c4ccc(N(c5ccc6c(c5)C(c5ccccc5)(c5ccccc5)c5ccccc5-6)c5cccc6c5oc5ccccc56)cc4)ccc32)cc1. The largest absolute Gasteiger partial charge is 0.454 e. The van der Waals surface area contributed by atoms with E-state index in [-0.39, 0.29) is 0 Å². The topological polar surface area (TPSA) is 21.3 Å². The predicted octanol–water partition coefficient (Wildman–Crippen LogP) is 16.2. The molecule has 0 bridgehead atoms. The van der Waals surface area contributed by atoms with Gasteiger partial charge in [-0.05, 0) is 111 Å². The number of rotatable bonds is 7. The van der Waals surface area contributed by atoms with Crippen LogP contribution >= 0.6 is 0 Å². The van der Waals surface area contributed by atoms with Gasteiger partial charge in [0.15, 0.2) is 5.58 Å². The Morgan fingerprint density at radius 3 is 1.75 bits per heavy atom. The van der Waals surface area contributed by atoms with Gasteiger partial charge in [0, 0.05) is 38.6 Å². The third-order valence-corrected chi connectivity index (χ3v) is 13.5. The lowest BCUT2D eigenvalue weighted by atomic mass is 9.67. The van der Waals surface area contributed by atoms with Crippen LogP contribution in [0.2, 0.25) is 0 Å². The van der Waals surface area contributed by atoms with Gasteiger partial charge in [0.2, 0.25) is 0 Å². The Morgan fingerprint density at radius 2 is 0.969 bits per heavy atom. The zero-order valence-corrected chi connectivity index (χ0v) is 34.9. The van der Waals surface area contributed by atoms with Crippen LogP contribution in [0.1, 0.15) is 22.3 Å². The van der Waals surface area contributed by atoms with Crippen molar-refractivity contribution in [1.82, 2.24) is 4.57 Å². The van der Waals surface area contributed by atoms with E-state index < -0.39 is 5.41 Å². The molecule has 1 aliphatic carbocycles. The maximum Gasteiger partial charge on any atom is 0.159 e. The number of hydrogen-bond acceptors (Lipinski definition) is 2. The predicted molar refractivity (Wildman–Crippen MR) is 265 cm³/mol. The first-order valence-corrected chi connectivity index (χ1v) is 22.0. The van der Waals surface area contributed by atoms with Gasteiger partial charge >= 0.3 is 0 Å². The van der Waals surface area contributed by atoms with Crippen LogP contribution in [-0.4, -0.2) is 4.57 Å². The number of anilines is 3. The number of benzene rings is 10. The average Bonchev–Trinajstić information content (AvgIpc) is 4.02. The van der Waals surface area contributed by atoms with Crippen LogP contribution in [0, 0.1) is 0 Å². The fourth-order valence-electron chi connectivity index (χ4n) is 10.7. The minimum Gasteiger partial charge on any atom is -0.454 e. The van der Waals surface area contributed by atoms with Crippen molar-refractivity contribution in [2.45, 2.75) is 5.41 Å². The van der Waals surface area contributed by atoms with E-state index in [1.165, 1.54) is 60.8 Å². The van der Waals surface area contributed by atoms with Crippen LogP contribution in [-0.2, 0) is 5.41 Å². The highest BCUT2D eigenvalue weighted by molar-refractivity contribution is 6.12. The molecule has 3 heteroatoms. The summed E-state index contributed by atoms with van der Waals surface area (Å²) in [6.07, 6.45) is 0. The summed E-state index contributed by atoms with van der Waals surface area (Å²) in [4.78, 5) is 2.38. The van der Waals surface area contributed by atoms with Crippen LogP contribution in [0.3, 0.4) is 0 Å². The van der Waals surface area contributed by atoms with Crippen molar-refractivity contribution in [3.8, 4) is 27.9 Å². The molecular formula is C61H40N2O. The number of para-hydroxylation sites is 4. The Hall–Kier alpha value is -8.40. The van der Waals surface area contributed by atoms with Crippen molar-refractivity contribution < 1.29 is 4.42 Å². The molecule has 0 unspecified atom stereocenters. The highest BCUT2D eigenvalue weighted by Crippen LogP contribution is 2.57. The Kier molecular flexibility index (Phi) is 8.13. The van der Waals surface area contributed by atoms with Crippen molar-refractivity contribution in [1.29, 1.82) is 0 Å². The summed E-state index contributed by atoms with van der Waals surface area (Å²) in [7, 11) is 0. The lowest BCUT2D eigenvalue weighted by molar-refractivity contribution is 0.669. The van der Waals surface area contributed by atoms with Crippen LogP contribution < -0.4 is 4.90 Å². The van der Waals surface area contributed by atoms with Crippen molar-refractivity contribution in [3.05, 3.63) is 265 Å². The molecule has 2 heterocycles. The van der Waals surface area contributed by atoms with Gasteiger partial charge in [-0.25, -0.2) is 0 Å². The number of aromatic nitrogens is 1. The molecule has 1 aliphatic rings. The van der Waals surface area contributed by atoms with Crippen LogP contribution in [0.15, 0.2) is 247 Å². The number of fused-ring (bicyclic) bond motifs is 9. The first-order chi connectivity index (χ1) is 31.8. The van der Waals surface area contributed by atoms with Crippen LogP contribution in [0.4, 0.5) is 17.1 Å². The molecule has 0 fully saturated rings. The summed E-state index contributed by atoms with van der Waals surface area (Å²) in [5, 5.41) is 4.67. The third kappa shape index (κ3) is 5.34. The van der Waals surface area contributed by atoms with E-state index >= 15 is 0 Å². The zero-order valence-electron chi connectivity index (χ0n) is 34.9. The first-order valence-electron chi connectivity index (χ1n) is 22.0. The average molecular weight is 817 g/mol. The normalized spacial score (nSPS) is 12.8. The van der Waals surface area contributed by atoms with Gasteiger partial charge in [-0.2, -0.15) is 0 Å². The van der Waals surface area contributed by atoms with E-state index in [1.807, 2.05) is 6.07 Å². The fraction of sp³-hybridized carbons (Fsp3) is 0.0164. The quantitative estimate of drug-likeness (QED) is 0.160. The molecule has 3 nitrogen and oxygen atoms in total. The fourth-order valence-corrected chi connectivity index (χ4v) is 10.7. The molecule has 12 aromatic rings. The molecule has 2 aromatic heterocycles. The Morgan fingerprint density at radius 1 is 0.375 bits per heavy atom. The molecule has 0 atom stereocenters. The molecule has 0 saturated heterocycles. The van der Waals surface area contributed by atoms with E-state index in [4.69, 9.17) is 4.42 Å². The maximum atomic E-state index is 6.79. The molecule has 300 valence electrons. The molecule has 10 aromatic carbocycles. The second-order valence-corrected chi connectivity index (χ2v) is 16.8. The van der Waals surface area contributed by atoms with Gasteiger partial charge in [0.25, 0.3) is 0 Å². The highest BCUT2D eigenvalue weighted by atomic mass is 16.3. The minimum absolute atomic E-state index is 0.534. The summed E-state index contributed by atoms with van der Waals surface area (Å²) in [6.45, 7) is 0. The van der Waals surface area contributed by atoms with Crippen molar-refractivity contribution in [2.24, 2.45) is 0 Å².